The van der Waals surface area contributed by atoms with Gasteiger partial charge in [-0.2, -0.15) is 5.26 Å². The first kappa shape index (κ1) is 8.76. The number of ether oxygens (including phenoxy) is 1. The smallest absolute Gasteiger partial charge is 0.127 e. The zero-order valence-electron chi connectivity index (χ0n) is 7.56. The highest BCUT2D eigenvalue weighted by atomic mass is 16.5. The number of aldehydes is 1. The summed E-state index contributed by atoms with van der Waals surface area (Å²) in [5.74, 6) is 0.596. The van der Waals surface area contributed by atoms with E-state index in [1.54, 1.807) is 18.2 Å². The summed E-state index contributed by atoms with van der Waals surface area (Å²) in [6.07, 6.45) is 1.66. The van der Waals surface area contributed by atoms with Crippen LogP contribution >= 0.6 is 0 Å². The maximum Gasteiger partial charge on any atom is 0.127 e. The highest BCUT2D eigenvalue weighted by Crippen LogP contribution is 2.32. The van der Waals surface area contributed by atoms with Crippen LogP contribution < -0.4 is 4.74 Å². The molecule has 14 heavy (non-hydrogen) atoms. The third-order valence-corrected chi connectivity index (χ3v) is 2.39. The van der Waals surface area contributed by atoms with Gasteiger partial charge in [0.25, 0.3) is 0 Å². The van der Waals surface area contributed by atoms with E-state index in [1.165, 1.54) is 0 Å². The molecular formula is C11H9NO2. The lowest BCUT2D eigenvalue weighted by Gasteiger charge is -2.21. The van der Waals surface area contributed by atoms with Crippen LogP contribution in [-0.2, 0) is 4.79 Å². The second-order valence-electron chi connectivity index (χ2n) is 3.24. The van der Waals surface area contributed by atoms with E-state index in [4.69, 9.17) is 10.00 Å². The molecule has 3 heteroatoms. The zero-order valence-corrected chi connectivity index (χ0v) is 7.56. The fourth-order valence-corrected chi connectivity index (χ4v) is 1.63. The molecule has 0 aromatic heterocycles. The molecule has 70 valence electrons. The largest absolute Gasteiger partial charge is 0.493 e. The van der Waals surface area contributed by atoms with Gasteiger partial charge in [-0.15, -0.1) is 0 Å². The Balaban J connectivity index is 2.46. The third-order valence-electron chi connectivity index (χ3n) is 2.39. The van der Waals surface area contributed by atoms with Crippen LogP contribution in [0.5, 0.6) is 5.75 Å². The Kier molecular flexibility index (Phi) is 2.19. The number of carbonyl (C=O) groups is 1. The quantitative estimate of drug-likeness (QED) is 0.628. The summed E-state index contributed by atoms with van der Waals surface area (Å²) in [6.45, 7) is 0.547. The maximum absolute atomic E-state index is 10.8. The van der Waals surface area contributed by atoms with Gasteiger partial charge in [-0.3, -0.25) is 0 Å². The van der Waals surface area contributed by atoms with Crippen LogP contribution in [0.15, 0.2) is 18.2 Å². The van der Waals surface area contributed by atoms with Gasteiger partial charge in [-0.05, 0) is 18.6 Å². The first-order chi connectivity index (χ1) is 6.85. The number of hydrogen-bond donors (Lipinski definition) is 0. The minimum absolute atomic E-state index is 0.0773. The number of rotatable bonds is 1. The van der Waals surface area contributed by atoms with Crippen LogP contribution in [-0.4, -0.2) is 12.9 Å². The molecule has 0 spiro atoms. The molecule has 1 heterocycles. The van der Waals surface area contributed by atoms with Crippen molar-refractivity contribution in [1.29, 1.82) is 5.26 Å². The van der Waals surface area contributed by atoms with Crippen molar-refractivity contribution >= 4 is 6.29 Å². The van der Waals surface area contributed by atoms with Crippen LogP contribution in [0, 0.1) is 11.3 Å². The molecule has 1 aromatic carbocycles. The van der Waals surface area contributed by atoms with E-state index in [0.717, 1.165) is 18.3 Å². The Hall–Kier alpha value is -1.82. The normalized spacial score (nSPS) is 18.9. The lowest BCUT2D eigenvalue weighted by molar-refractivity contribution is -0.109. The van der Waals surface area contributed by atoms with Gasteiger partial charge in [-0.1, -0.05) is 6.07 Å². The predicted octanol–water partition coefficient (Wildman–Crippen LogP) is 1.62. The summed E-state index contributed by atoms with van der Waals surface area (Å²) < 4.78 is 5.39. The minimum atomic E-state index is -0.0773. The Morgan fingerprint density at radius 2 is 2.43 bits per heavy atom. The summed E-state index contributed by atoms with van der Waals surface area (Å²) >= 11 is 0. The van der Waals surface area contributed by atoms with Crippen LogP contribution in [0.25, 0.3) is 0 Å². The van der Waals surface area contributed by atoms with Gasteiger partial charge in [0.15, 0.2) is 0 Å². The zero-order chi connectivity index (χ0) is 9.97. The van der Waals surface area contributed by atoms with Gasteiger partial charge in [0.1, 0.15) is 12.0 Å². The Bertz CT molecular complexity index is 406. The average Bonchev–Trinajstić information content (AvgIpc) is 2.27. The third kappa shape index (κ3) is 1.35. The molecule has 0 bridgehead atoms. The van der Waals surface area contributed by atoms with E-state index in [0.29, 0.717) is 17.9 Å². The summed E-state index contributed by atoms with van der Waals surface area (Å²) in [4.78, 5) is 10.8. The summed E-state index contributed by atoms with van der Waals surface area (Å²) in [5.41, 5.74) is 1.46. The molecule has 0 saturated carbocycles. The molecule has 3 nitrogen and oxygen atoms in total. The van der Waals surface area contributed by atoms with E-state index >= 15 is 0 Å². The highest BCUT2D eigenvalue weighted by Gasteiger charge is 2.20. The predicted molar refractivity (Wildman–Crippen MR) is 50.1 cm³/mol. The van der Waals surface area contributed by atoms with Crippen molar-refractivity contribution in [1.82, 2.24) is 0 Å². The standard InChI is InChI=1S/C11H9NO2/c12-6-8-1-2-10-9(7-13)3-4-14-11(10)5-8/h1-2,5,7,9H,3-4H2/t9-/m1/s1. The fraction of sp³-hybridized carbons (Fsp3) is 0.273. The molecule has 0 radical (unpaired) electrons. The van der Waals surface area contributed by atoms with Crippen molar-refractivity contribution in [2.75, 3.05) is 6.61 Å². The van der Waals surface area contributed by atoms with Gasteiger partial charge in [0.05, 0.1) is 18.2 Å². The van der Waals surface area contributed by atoms with Crippen molar-refractivity contribution in [3.63, 3.8) is 0 Å². The first-order valence-electron chi connectivity index (χ1n) is 4.47. The van der Waals surface area contributed by atoms with Gasteiger partial charge in [-0.25, -0.2) is 0 Å². The van der Waals surface area contributed by atoms with Crippen LogP contribution in [0.4, 0.5) is 0 Å². The number of nitriles is 1. The molecule has 0 amide bonds. The molecule has 0 saturated heterocycles. The van der Waals surface area contributed by atoms with Gasteiger partial charge in [0.2, 0.25) is 0 Å². The second-order valence-corrected chi connectivity index (χ2v) is 3.24. The highest BCUT2D eigenvalue weighted by molar-refractivity contribution is 5.65. The van der Waals surface area contributed by atoms with E-state index in [-0.39, 0.29) is 5.92 Å². The fourth-order valence-electron chi connectivity index (χ4n) is 1.63. The number of benzene rings is 1. The number of nitrogens with zero attached hydrogens (tertiary/aromatic N) is 1. The number of carbonyl (C=O) groups excluding carboxylic acids is 1. The topological polar surface area (TPSA) is 50.1 Å². The van der Waals surface area contributed by atoms with Gasteiger partial charge >= 0.3 is 0 Å². The Labute approximate surface area is 81.9 Å². The molecule has 0 aliphatic carbocycles. The van der Waals surface area contributed by atoms with Crippen molar-refractivity contribution in [2.45, 2.75) is 12.3 Å². The molecule has 1 aromatic rings. The lowest BCUT2D eigenvalue weighted by Crippen LogP contribution is -2.15. The summed E-state index contributed by atoms with van der Waals surface area (Å²) in [5, 5.41) is 8.69. The molecule has 0 fully saturated rings. The molecule has 2 rings (SSSR count). The molecule has 0 unspecified atom stereocenters. The average molecular weight is 187 g/mol. The molecule has 1 aliphatic rings. The Morgan fingerprint density at radius 3 is 3.14 bits per heavy atom. The number of hydrogen-bond acceptors (Lipinski definition) is 3. The van der Waals surface area contributed by atoms with Crippen molar-refractivity contribution in [2.24, 2.45) is 0 Å². The van der Waals surface area contributed by atoms with Crippen LogP contribution in [0.1, 0.15) is 23.5 Å². The molecule has 0 N–H and O–H groups in total. The number of fused-ring (bicyclic) bond motifs is 1. The minimum Gasteiger partial charge on any atom is -0.493 e. The van der Waals surface area contributed by atoms with Crippen molar-refractivity contribution in [3.05, 3.63) is 29.3 Å². The molecular weight excluding hydrogens is 178 g/mol. The SMILES string of the molecule is N#Cc1ccc2c(c1)OCC[C@@H]2C=O. The first-order valence-corrected chi connectivity index (χ1v) is 4.47. The van der Waals surface area contributed by atoms with Crippen LogP contribution in [0.2, 0.25) is 0 Å². The Morgan fingerprint density at radius 1 is 1.57 bits per heavy atom. The van der Waals surface area contributed by atoms with E-state index in [2.05, 4.69) is 0 Å². The summed E-state index contributed by atoms with van der Waals surface area (Å²) in [6, 6.07) is 7.24. The van der Waals surface area contributed by atoms with E-state index in [9.17, 15) is 4.79 Å². The second kappa shape index (κ2) is 3.51. The molecule has 1 atom stereocenters. The van der Waals surface area contributed by atoms with Crippen molar-refractivity contribution in [3.8, 4) is 11.8 Å². The molecule has 1 aliphatic heterocycles. The van der Waals surface area contributed by atoms with E-state index in [1.807, 2.05) is 6.07 Å². The summed E-state index contributed by atoms with van der Waals surface area (Å²) in [7, 11) is 0. The van der Waals surface area contributed by atoms with E-state index < -0.39 is 0 Å². The van der Waals surface area contributed by atoms with Crippen molar-refractivity contribution < 1.29 is 9.53 Å². The lowest BCUT2D eigenvalue weighted by atomic mass is 9.94. The van der Waals surface area contributed by atoms with Crippen LogP contribution in [0.3, 0.4) is 0 Å². The van der Waals surface area contributed by atoms with Gasteiger partial charge in [0, 0.05) is 11.5 Å². The monoisotopic (exact) mass is 187 g/mol. The maximum atomic E-state index is 10.8. The van der Waals surface area contributed by atoms with Gasteiger partial charge < -0.3 is 9.53 Å².